The highest BCUT2D eigenvalue weighted by molar-refractivity contribution is 6.31. The van der Waals surface area contributed by atoms with Crippen molar-refractivity contribution in [3.05, 3.63) is 22.8 Å². The molecule has 2 heterocycles. The zero-order chi connectivity index (χ0) is 15.2. The van der Waals surface area contributed by atoms with E-state index in [0.29, 0.717) is 12.0 Å². The Hall–Kier alpha value is -0.840. The molecule has 0 saturated carbocycles. The number of nitrogens with zero attached hydrogens (tertiary/aromatic N) is 2. The Balaban J connectivity index is 1.95. The second-order valence-corrected chi connectivity index (χ2v) is 6.58. The summed E-state index contributed by atoms with van der Waals surface area (Å²) < 4.78 is 5.68. The van der Waals surface area contributed by atoms with Crippen LogP contribution in [-0.4, -0.2) is 37.8 Å². The number of aromatic nitrogens is 1. The molecular formula is C16H26ClN3O. The fourth-order valence-corrected chi connectivity index (χ4v) is 2.66. The second kappa shape index (κ2) is 7.97. The minimum absolute atomic E-state index is 0.329. The first-order valence-corrected chi connectivity index (χ1v) is 8.12. The van der Waals surface area contributed by atoms with Gasteiger partial charge in [-0.05, 0) is 36.9 Å². The topological polar surface area (TPSA) is 37.4 Å². The molecule has 1 unspecified atom stereocenters. The minimum Gasteiger partial charge on any atom is -0.376 e. The lowest BCUT2D eigenvalue weighted by Crippen LogP contribution is -2.29. The Morgan fingerprint density at radius 3 is 3.00 bits per heavy atom. The molecule has 21 heavy (non-hydrogen) atoms. The van der Waals surface area contributed by atoms with E-state index in [2.05, 4.69) is 42.2 Å². The molecule has 118 valence electrons. The molecule has 0 spiro atoms. The molecule has 4 nitrogen and oxygen atoms in total. The summed E-state index contributed by atoms with van der Waals surface area (Å²) in [6.45, 7) is 7.92. The van der Waals surface area contributed by atoms with Crippen LogP contribution in [0.5, 0.6) is 0 Å². The number of anilines is 1. The van der Waals surface area contributed by atoms with Crippen molar-refractivity contribution >= 4 is 17.4 Å². The molecule has 1 aliphatic heterocycles. The Morgan fingerprint density at radius 1 is 1.52 bits per heavy atom. The molecule has 0 radical (unpaired) electrons. The van der Waals surface area contributed by atoms with Crippen LogP contribution in [0, 0.1) is 5.92 Å². The summed E-state index contributed by atoms with van der Waals surface area (Å²) in [6.07, 6.45) is 4.38. The Bertz CT molecular complexity index is 447. The molecule has 5 heteroatoms. The van der Waals surface area contributed by atoms with Gasteiger partial charge in [-0.15, -0.1) is 0 Å². The predicted molar refractivity (Wildman–Crippen MR) is 88.0 cm³/mol. The highest BCUT2D eigenvalue weighted by Crippen LogP contribution is 2.21. The van der Waals surface area contributed by atoms with E-state index >= 15 is 0 Å². The summed E-state index contributed by atoms with van der Waals surface area (Å²) in [5.74, 6) is 1.59. The molecule has 1 atom stereocenters. The number of nitrogens with one attached hydrogen (secondary N) is 1. The fourth-order valence-electron chi connectivity index (χ4n) is 2.49. The van der Waals surface area contributed by atoms with Gasteiger partial charge in [0.1, 0.15) is 5.82 Å². The van der Waals surface area contributed by atoms with Gasteiger partial charge < -0.3 is 15.0 Å². The average molecular weight is 312 g/mol. The van der Waals surface area contributed by atoms with Crippen LogP contribution in [0.1, 0.15) is 32.3 Å². The molecule has 2 rings (SSSR count). The van der Waals surface area contributed by atoms with Crippen LogP contribution in [0.2, 0.25) is 5.02 Å². The van der Waals surface area contributed by atoms with Crippen LogP contribution >= 0.6 is 11.6 Å². The standard InChI is InChI=1S/C16H26ClN3O/c1-12(2)8-18-9-13-7-16(19-10-15(13)17)20(3)11-14-5-4-6-21-14/h7,10,12,14,18H,4-6,8-9,11H2,1-3H3. The zero-order valence-electron chi connectivity index (χ0n) is 13.2. The quantitative estimate of drug-likeness (QED) is 0.839. The van der Waals surface area contributed by atoms with Crippen molar-refractivity contribution in [1.29, 1.82) is 0 Å². The summed E-state index contributed by atoms with van der Waals surface area (Å²) in [5.41, 5.74) is 1.10. The Kier molecular flexibility index (Phi) is 6.27. The normalized spacial score (nSPS) is 18.4. The lowest BCUT2D eigenvalue weighted by atomic mass is 10.2. The molecule has 1 aromatic heterocycles. The van der Waals surface area contributed by atoms with Gasteiger partial charge in [-0.1, -0.05) is 25.4 Å². The predicted octanol–water partition coefficient (Wildman–Crippen LogP) is 3.10. The summed E-state index contributed by atoms with van der Waals surface area (Å²) >= 11 is 6.24. The molecule has 0 amide bonds. The zero-order valence-corrected chi connectivity index (χ0v) is 14.0. The molecule has 1 aliphatic rings. The first-order chi connectivity index (χ1) is 10.1. The van der Waals surface area contributed by atoms with Crippen molar-refractivity contribution in [2.75, 3.05) is 31.6 Å². The van der Waals surface area contributed by atoms with Crippen molar-refractivity contribution in [3.63, 3.8) is 0 Å². The third-order valence-electron chi connectivity index (χ3n) is 3.68. The molecule has 1 N–H and O–H groups in total. The van der Waals surface area contributed by atoms with E-state index in [1.165, 1.54) is 0 Å². The van der Waals surface area contributed by atoms with Gasteiger partial charge >= 0.3 is 0 Å². The van der Waals surface area contributed by atoms with E-state index in [4.69, 9.17) is 16.3 Å². The molecule has 1 saturated heterocycles. The van der Waals surface area contributed by atoms with E-state index in [1.807, 2.05) is 0 Å². The average Bonchev–Trinajstić information content (AvgIpc) is 2.93. The number of ether oxygens (including phenoxy) is 1. The smallest absolute Gasteiger partial charge is 0.128 e. The van der Waals surface area contributed by atoms with E-state index in [1.54, 1.807) is 6.20 Å². The number of halogens is 1. The van der Waals surface area contributed by atoms with Gasteiger partial charge in [-0.2, -0.15) is 0 Å². The van der Waals surface area contributed by atoms with Gasteiger partial charge in [0.15, 0.2) is 0 Å². The minimum atomic E-state index is 0.329. The van der Waals surface area contributed by atoms with Gasteiger partial charge in [-0.3, -0.25) is 0 Å². The van der Waals surface area contributed by atoms with Crippen molar-refractivity contribution in [1.82, 2.24) is 10.3 Å². The van der Waals surface area contributed by atoms with E-state index < -0.39 is 0 Å². The Labute approximate surface area is 132 Å². The van der Waals surface area contributed by atoms with Crippen LogP contribution in [0.4, 0.5) is 5.82 Å². The fraction of sp³-hybridized carbons (Fsp3) is 0.688. The maximum atomic E-state index is 6.24. The molecule has 1 aromatic rings. The van der Waals surface area contributed by atoms with Gasteiger partial charge in [0, 0.05) is 32.9 Å². The molecular weight excluding hydrogens is 286 g/mol. The lowest BCUT2D eigenvalue weighted by Gasteiger charge is -2.22. The maximum Gasteiger partial charge on any atom is 0.128 e. The first-order valence-electron chi connectivity index (χ1n) is 7.74. The number of pyridine rings is 1. The van der Waals surface area contributed by atoms with Gasteiger partial charge in [0.05, 0.1) is 11.1 Å². The summed E-state index contributed by atoms with van der Waals surface area (Å²) in [5, 5.41) is 4.15. The van der Waals surface area contributed by atoms with Gasteiger partial charge in [-0.25, -0.2) is 4.98 Å². The second-order valence-electron chi connectivity index (χ2n) is 6.17. The van der Waals surface area contributed by atoms with E-state index in [-0.39, 0.29) is 0 Å². The van der Waals surface area contributed by atoms with Crippen molar-refractivity contribution < 1.29 is 4.74 Å². The molecule has 0 bridgehead atoms. The van der Waals surface area contributed by atoms with Crippen molar-refractivity contribution in [3.8, 4) is 0 Å². The largest absolute Gasteiger partial charge is 0.376 e. The van der Waals surface area contributed by atoms with Crippen LogP contribution in [0.15, 0.2) is 12.3 Å². The third kappa shape index (κ3) is 5.13. The van der Waals surface area contributed by atoms with Gasteiger partial charge in [0.25, 0.3) is 0 Å². The summed E-state index contributed by atoms with van der Waals surface area (Å²) in [4.78, 5) is 6.59. The summed E-state index contributed by atoms with van der Waals surface area (Å²) in [7, 11) is 2.06. The monoisotopic (exact) mass is 311 g/mol. The molecule has 0 aromatic carbocycles. The Morgan fingerprint density at radius 2 is 2.33 bits per heavy atom. The SMILES string of the molecule is CC(C)CNCc1cc(N(C)CC2CCCO2)ncc1Cl. The highest BCUT2D eigenvalue weighted by Gasteiger charge is 2.18. The lowest BCUT2D eigenvalue weighted by molar-refractivity contribution is 0.116. The van der Waals surface area contributed by atoms with Gasteiger partial charge in [0.2, 0.25) is 0 Å². The highest BCUT2D eigenvalue weighted by atomic mass is 35.5. The number of hydrogen-bond acceptors (Lipinski definition) is 4. The number of hydrogen-bond donors (Lipinski definition) is 1. The first kappa shape index (κ1) is 16.5. The van der Waals surface area contributed by atoms with E-state index in [9.17, 15) is 0 Å². The van der Waals surface area contributed by atoms with Crippen molar-refractivity contribution in [2.45, 2.75) is 39.3 Å². The van der Waals surface area contributed by atoms with Crippen LogP contribution in [0.25, 0.3) is 0 Å². The summed E-state index contributed by atoms with van der Waals surface area (Å²) in [6, 6.07) is 2.07. The van der Waals surface area contributed by atoms with Crippen LogP contribution < -0.4 is 10.2 Å². The number of rotatable bonds is 7. The third-order valence-corrected chi connectivity index (χ3v) is 4.02. The van der Waals surface area contributed by atoms with Crippen LogP contribution in [-0.2, 0) is 11.3 Å². The van der Waals surface area contributed by atoms with E-state index in [0.717, 1.165) is 55.5 Å². The molecule has 1 fully saturated rings. The van der Waals surface area contributed by atoms with Crippen molar-refractivity contribution in [2.24, 2.45) is 5.92 Å². The van der Waals surface area contributed by atoms with Crippen LogP contribution in [0.3, 0.4) is 0 Å². The maximum absolute atomic E-state index is 6.24. The molecule has 0 aliphatic carbocycles. The number of likely N-dealkylation sites (N-methyl/N-ethyl adjacent to an activating group) is 1.